The minimum Gasteiger partial charge on any atom is -0.423 e. The molecule has 0 atom stereocenters. The first-order valence-corrected chi connectivity index (χ1v) is 10.7. The average molecular weight is 437 g/mol. The molecule has 1 aromatic heterocycles. The van der Waals surface area contributed by atoms with E-state index in [-0.39, 0.29) is 13.2 Å². The highest BCUT2D eigenvalue weighted by atomic mass is 35.5. The highest BCUT2D eigenvalue weighted by Crippen LogP contribution is 2.25. The van der Waals surface area contributed by atoms with Gasteiger partial charge in [-0.3, -0.25) is 4.72 Å². The average Bonchev–Trinajstić information content (AvgIpc) is 2.66. The maximum atomic E-state index is 12.5. The van der Waals surface area contributed by atoms with Gasteiger partial charge in [0.2, 0.25) is 0 Å². The molecule has 0 bridgehead atoms. The van der Waals surface area contributed by atoms with E-state index in [0.29, 0.717) is 28.3 Å². The number of nitrogens with one attached hydrogen (secondary N) is 2. The lowest BCUT2D eigenvalue weighted by molar-refractivity contribution is 0.204. The molecule has 9 heteroatoms. The number of hydrogen-bond donors (Lipinski definition) is 2. The van der Waals surface area contributed by atoms with Gasteiger partial charge in [0.15, 0.2) is 0 Å². The standard InChI is InChI=1S/C20H21ClN2O5S/c1-13-17-12-15(21)6-7-19(17)28-20(24)18(13)11-14-4-3-5-16(10-14)23-29(25,26)22-8-9-27-2/h3-7,10,12,22-23H,8-9,11H2,1-2H3. The predicted octanol–water partition coefficient (Wildman–Crippen LogP) is 3.24. The Kier molecular flexibility index (Phi) is 6.59. The van der Waals surface area contributed by atoms with Crippen LogP contribution in [0.25, 0.3) is 11.0 Å². The predicted molar refractivity (Wildman–Crippen MR) is 114 cm³/mol. The van der Waals surface area contributed by atoms with E-state index in [2.05, 4.69) is 9.44 Å². The van der Waals surface area contributed by atoms with E-state index in [1.165, 1.54) is 7.11 Å². The minimum atomic E-state index is -3.72. The molecule has 0 aliphatic heterocycles. The Morgan fingerprint density at radius 3 is 2.72 bits per heavy atom. The topological polar surface area (TPSA) is 97.6 Å². The number of ether oxygens (including phenoxy) is 1. The maximum Gasteiger partial charge on any atom is 0.340 e. The number of benzene rings is 2. The Bertz CT molecular complexity index is 1190. The Balaban J connectivity index is 1.86. The zero-order valence-corrected chi connectivity index (χ0v) is 17.6. The van der Waals surface area contributed by atoms with E-state index in [0.717, 1.165) is 16.5 Å². The number of methoxy groups -OCH3 is 1. The van der Waals surface area contributed by atoms with Crippen LogP contribution in [0.4, 0.5) is 5.69 Å². The minimum absolute atomic E-state index is 0.158. The molecule has 1 heterocycles. The van der Waals surface area contributed by atoms with Crippen LogP contribution in [0, 0.1) is 6.92 Å². The summed E-state index contributed by atoms with van der Waals surface area (Å²) in [6.45, 7) is 2.27. The molecule has 0 fully saturated rings. The Labute approximate surface area is 173 Å². The molecular formula is C20H21ClN2O5S. The molecule has 0 unspecified atom stereocenters. The van der Waals surface area contributed by atoms with Crippen LogP contribution in [0.1, 0.15) is 16.7 Å². The van der Waals surface area contributed by atoms with Crippen molar-refractivity contribution in [1.82, 2.24) is 4.72 Å². The fourth-order valence-electron chi connectivity index (χ4n) is 2.98. The highest BCUT2D eigenvalue weighted by Gasteiger charge is 2.14. The quantitative estimate of drug-likeness (QED) is 0.417. The van der Waals surface area contributed by atoms with Gasteiger partial charge in [0.1, 0.15) is 5.58 Å². The third-order valence-corrected chi connectivity index (χ3v) is 5.73. The zero-order chi connectivity index (χ0) is 21.0. The van der Waals surface area contributed by atoms with Gasteiger partial charge in [0.25, 0.3) is 10.2 Å². The summed E-state index contributed by atoms with van der Waals surface area (Å²) < 4.78 is 39.2. The lowest BCUT2D eigenvalue weighted by atomic mass is 9.99. The van der Waals surface area contributed by atoms with E-state index in [1.807, 2.05) is 13.0 Å². The SMILES string of the molecule is COCCNS(=O)(=O)Nc1cccc(Cc2c(C)c3cc(Cl)ccc3oc2=O)c1. The van der Waals surface area contributed by atoms with Crippen molar-refractivity contribution in [2.75, 3.05) is 25.0 Å². The highest BCUT2D eigenvalue weighted by molar-refractivity contribution is 7.90. The summed E-state index contributed by atoms with van der Waals surface area (Å²) >= 11 is 6.07. The lowest BCUT2D eigenvalue weighted by Gasteiger charge is -2.11. The van der Waals surface area contributed by atoms with Crippen LogP contribution >= 0.6 is 11.6 Å². The van der Waals surface area contributed by atoms with Crippen molar-refractivity contribution in [3.8, 4) is 0 Å². The molecule has 154 valence electrons. The zero-order valence-electron chi connectivity index (χ0n) is 16.0. The summed E-state index contributed by atoms with van der Waals surface area (Å²) in [5, 5.41) is 1.32. The maximum absolute atomic E-state index is 12.5. The van der Waals surface area contributed by atoms with Crippen LogP contribution < -0.4 is 15.1 Å². The van der Waals surface area contributed by atoms with E-state index < -0.39 is 15.8 Å². The molecule has 0 spiro atoms. The van der Waals surface area contributed by atoms with Gasteiger partial charge in [0, 0.05) is 36.0 Å². The molecule has 2 aromatic carbocycles. The summed E-state index contributed by atoms with van der Waals surface area (Å²) in [5.41, 5.74) is 2.48. The van der Waals surface area contributed by atoms with Crippen LogP contribution in [-0.4, -0.2) is 28.7 Å². The van der Waals surface area contributed by atoms with Crippen LogP contribution in [0.5, 0.6) is 0 Å². The number of anilines is 1. The molecule has 0 radical (unpaired) electrons. The van der Waals surface area contributed by atoms with Crippen LogP contribution in [-0.2, 0) is 21.4 Å². The van der Waals surface area contributed by atoms with Crippen molar-refractivity contribution in [1.29, 1.82) is 0 Å². The Morgan fingerprint density at radius 1 is 1.17 bits per heavy atom. The van der Waals surface area contributed by atoms with E-state index in [9.17, 15) is 13.2 Å². The van der Waals surface area contributed by atoms with E-state index >= 15 is 0 Å². The third-order valence-electron chi connectivity index (χ3n) is 4.41. The normalized spacial score (nSPS) is 11.7. The van der Waals surface area contributed by atoms with Gasteiger partial charge in [-0.2, -0.15) is 13.1 Å². The summed E-state index contributed by atoms with van der Waals surface area (Å²) in [5.74, 6) is 0. The molecule has 3 rings (SSSR count). The van der Waals surface area contributed by atoms with Gasteiger partial charge in [-0.1, -0.05) is 23.7 Å². The van der Waals surface area contributed by atoms with Crippen molar-refractivity contribution < 1.29 is 17.6 Å². The largest absolute Gasteiger partial charge is 0.423 e. The first-order valence-electron chi connectivity index (χ1n) is 8.86. The molecule has 2 N–H and O–H groups in total. The molecule has 0 amide bonds. The van der Waals surface area contributed by atoms with Gasteiger partial charge in [-0.05, 0) is 48.4 Å². The van der Waals surface area contributed by atoms with Crippen molar-refractivity contribution >= 4 is 38.5 Å². The smallest absolute Gasteiger partial charge is 0.340 e. The van der Waals surface area contributed by atoms with Crippen molar-refractivity contribution in [3.05, 3.63) is 74.6 Å². The van der Waals surface area contributed by atoms with Crippen molar-refractivity contribution in [2.24, 2.45) is 0 Å². The van der Waals surface area contributed by atoms with Crippen LogP contribution in [0.3, 0.4) is 0 Å². The van der Waals surface area contributed by atoms with E-state index in [4.69, 9.17) is 20.8 Å². The molecule has 3 aromatic rings. The summed E-state index contributed by atoms with van der Waals surface area (Å²) in [4.78, 5) is 12.5. The number of hydrogen-bond acceptors (Lipinski definition) is 5. The van der Waals surface area contributed by atoms with Gasteiger partial charge in [0.05, 0.1) is 12.3 Å². The molecule has 0 saturated carbocycles. The van der Waals surface area contributed by atoms with Gasteiger partial charge in [-0.15, -0.1) is 0 Å². The Hall–Kier alpha value is -2.39. The van der Waals surface area contributed by atoms with Gasteiger partial charge < -0.3 is 9.15 Å². The number of aryl methyl sites for hydroxylation is 1. The first-order chi connectivity index (χ1) is 13.8. The second kappa shape index (κ2) is 8.96. The second-order valence-electron chi connectivity index (χ2n) is 6.50. The number of halogens is 1. The molecule has 0 aliphatic rings. The summed E-state index contributed by atoms with van der Waals surface area (Å²) in [6, 6.07) is 11.9. The van der Waals surface area contributed by atoms with E-state index in [1.54, 1.807) is 36.4 Å². The lowest BCUT2D eigenvalue weighted by Crippen LogP contribution is -2.32. The summed E-state index contributed by atoms with van der Waals surface area (Å²) in [7, 11) is -2.23. The van der Waals surface area contributed by atoms with Gasteiger partial charge in [-0.25, -0.2) is 4.79 Å². The van der Waals surface area contributed by atoms with Crippen LogP contribution in [0.2, 0.25) is 5.02 Å². The summed E-state index contributed by atoms with van der Waals surface area (Å²) in [6.07, 6.45) is 0.295. The van der Waals surface area contributed by atoms with Crippen molar-refractivity contribution in [3.63, 3.8) is 0 Å². The van der Waals surface area contributed by atoms with Crippen molar-refractivity contribution in [2.45, 2.75) is 13.3 Å². The molecular weight excluding hydrogens is 416 g/mol. The second-order valence-corrected chi connectivity index (χ2v) is 8.44. The fourth-order valence-corrected chi connectivity index (χ4v) is 4.02. The first kappa shape index (κ1) is 21.3. The molecule has 29 heavy (non-hydrogen) atoms. The van der Waals surface area contributed by atoms with Crippen LogP contribution in [0.15, 0.2) is 51.7 Å². The monoisotopic (exact) mass is 436 g/mol. The molecule has 7 nitrogen and oxygen atoms in total. The fraction of sp³-hybridized carbons (Fsp3) is 0.250. The molecule has 0 aliphatic carbocycles. The van der Waals surface area contributed by atoms with Gasteiger partial charge >= 0.3 is 5.63 Å². The number of rotatable bonds is 8. The Morgan fingerprint density at radius 2 is 1.97 bits per heavy atom. The third kappa shape index (κ3) is 5.36. The molecule has 0 saturated heterocycles. The number of fused-ring (bicyclic) bond motifs is 1.